The molecule has 0 spiro atoms. The molecule has 0 saturated carbocycles. The van der Waals surface area contributed by atoms with Crippen molar-refractivity contribution in [2.45, 2.75) is 31.8 Å². The van der Waals surface area contributed by atoms with Crippen LogP contribution in [-0.2, 0) is 19.6 Å². The van der Waals surface area contributed by atoms with E-state index in [0.717, 1.165) is 6.20 Å². The van der Waals surface area contributed by atoms with Gasteiger partial charge in [-0.05, 0) is 20.8 Å². The maximum absolute atomic E-state index is 12.0. The first-order valence-corrected chi connectivity index (χ1v) is 7.75. The summed E-state index contributed by atoms with van der Waals surface area (Å²) in [7, 11) is -4.07. The number of nitrogens with zero attached hydrogens (tertiary/aromatic N) is 1. The molecule has 21 heavy (non-hydrogen) atoms. The van der Waals surface area contributed by atoms with Gasteiger partial charge in [-0.15, -0.1) is 0 Å². The maximum atomic E-state index is 12.0. The monoisotopic (exact) mass is 318 g/mol. The Balaban J connectivity index is 2.82. The number of aromatic amines is 1. The number of hydrogen-bond acceptors (Lipinski definition) is 6. The van der Waals surface area contributed by atoms with Crippen molar-refractivity contribution < 1.29 is 22.7 Å². The van der Waals surface area contributed by atoms with E-state index in [2.05, 4.69) is 20.2 Å². The molecule has 0 fully saturated rings. The van der Waals surface area contributed by atoms with Gasteiger partial charge in [-0.25, -0.2) is 17.9 Å². The predicted molar refractivity (Wildman–Crippen MR) is 73.0 cm³/mol. The van der Waals surface area contributed by atoms with E-state index in [4.69, 9.17) is 4.74 Å². The van der Waals surface area contributed by atoms with Gasteiger partial charge in [0.05, 0.1) is 19.3 Å². The molecule has 0 aliphatic rings. The number of ether oxygens (including phenoxy) is 1. The third kappa shape index (κ3) is 4.83. The van der Waals surface area contributed by atoms with Gasteiger partial charge >= 0.3 is 5.97 Å². The van der Waals surface area contributed by atoms with Crippen molar-refractivity contribution >= 4 is 21.9 Å². The van der Waals surface area contributed by atoms with Gasteiger partial charge in [0.25, 0.3) is 10.0 Å². The normalized spacial score (nSPS) is 11.4. The van der Waals surface area contributed by atoms with Crippen molar-refractivity contribution in [3.05, 3.63) is 11.8 Å². The van der Waals surface area contributed by atoms with Crippen molar-refractivity contribution in [1.29, 1.82) is 0 Å². The van der Waals surface area contributed by atoms with Gasteiger partial charge in [0.15, 0.2) is 5.03 Å². The Kier molecular flexibility index (Phi) is 5.85. The van der Waals surface area contributed by atoms with Crippen LogP contribution in [0.25, 0.3) is 0 Å². The van der Waals surface area contributed by atoms with Crippen LogP contribution in [0, 0.1) is 0 Å². The van der Waals surface area contributed by atoms with E-state index in [0.29, 0.717) is 0 Å². The Bertz CT molecular complexity index is 608. The second-order valence-electron chi connectivity index (χ2n) is 4.38. The SMILES string of the molecule is CCOC(=O)c1cn[nH]c1S(=O)(=O)NCC(=O)NC(C)C. The van der Waals surface area contributed by atoms with E-state index in [1.165, 1.54) is 0 Å². The number of H-pyrrole nitrogens is 1. The van der Waals surface area contributed by atoms with E-state index in [-0.39, 0.29) is 18.2 Å². The van der Waals surface area contributed by atoms with Gasteiger partial charge in [-0.2, -0.15) is 5.10 Å². The maximum Gasteiger partial charge on any atom is 0.342 e. The van der Waals surface area contributed by atoms with E-state index < -0.39 is 33.5 Å². The van der Waals surface area contributed by atoms with Crippen LogP contribution in [0.5, 0.6) is 0 Å². The molecule has 0 bridgehead atoms. The molecule has 0 aromatic carbocycles. The standard InChI is InChI=1S/C11H18N4O5S/c1-4-20-11(17)8-5-12-15-10(8)21(18,19)13-6-9(16)14-7(2)3/h5,7,13H,4,6H2,1-3H3,(H,12,15)(H,14,16). The van der Waals surface area contributed by atoms with Crippen molar-refractivity contribution in [3.63, 3.8) is 0 Å². The van der Waals surface area contributed by atoms with Crippen LogP contribution in [0.4, 0.5) is 0 Å². The largest absolute Gasteiger partial charge is 0.462 e. The summed E-state index contributed by atoms with van der Waals surface area (Å²) in [5, 5.41) is 7.84. The number of carbonyl (C=O) groups is 2. The molecular weight excluding hydrogens is 300 g/mol. The zero-order chi connectivity index (χ0) is 16.0. The molecule has 1 aromatic rings. The molecule has 0 saturated heterocycles. The Morgan fingerprint density at radius 2 is 2.10 bits per heavy atom. The summed E-state index contributed by atoms with van der Waals surface area (Å²) in [6.45, 7) is 4.76. The van der Waals surface area contributed by atoms with E-state index in [9.17, 15) is 18.0 Å². The van der Waals surface area contributed by atoms with E-state index >= 15 is 0 Å². The summed E-state index contributed by atoms with van der Waals surface area (Å²) in [4.78, 5) is 23.0. The molecule has 3 N–H and O–H groups in total. The fourth-order valence-electron chi connectivity index (χ4n) is 1.44. The first-order valence-electron chi connectivity index (χ1n) is 6.27. The summed E-state index contributed by atoms with van der Waals surface area (Å²) in [5.41, 5.74) is -0.214. The number of carbonyl (C=O) groups excluding carboxylic acids is 2. The molecule has 1 heterocycles. The van der Waals surface area contributed by atoms with E-state index in [1.54, 1.807) is 20.8 Å². The number of nitrogens with one attached hydrogen (secondary N) is 3. The van der Waals surface area contributed by atoms with Crippen LogP contribution in [0.2, 0.25) is 0 Å². The molecule has 9 nitrogen and oxygen atoms in total. The molecule has 0 unspecified atom stereocenters. The van der Waals surface area contributed by atoms with Gasteiger partial charge in [0.1, 0.15) is 5.56 Å². The number of rotatable bonds is 7. The van der Waals surface area contributed by atoms with Gasteiger partial charge in [-0.1, -0.05) is 0 Å². The molecule has 0 radical (unpaired) electrons. The Hall–Kier alpha value is -1.94. The van der Waals surface area contributed by atoms with Crippen LogP contribution >= 0.6 is 0 Å². The molecule has 0 aliphatic heterocycles. The molecule has 0 aliphatic carbocycles. The zero-order valence-corrected chi connectivity index (χ0v) is 12.8. The van der Waals surface area contributed by atoms with Crippen LogP contribution < -0.4 is 10.0 Å². The average Bonchev–Trinajstić information content (AvgIpc) is 2.86. The first-order chi connectivity index (χ1) is 9.77. The lowest BCUT2D eigenvalue weighted by Crippen LogP contribution is -2.40. The average molecular weight is 318 g/mol. The molecule has 10 heteroatoms. The highest BCUT2D eigenvalue weighted by Crippen LogP contribution is 2.12. The topological polar surface area (TPSA) is 130 Å². The minimum atomic E-state index is -4.07. The minimum absolute atomic E-state index is 0.105. The summed E-state index contributed by atoms with van der Waals surface area (Å²) < 4.78 is 30.9. The van der Waals surface area contributed by atoms with Gasteiger partial charge in [-0.3, -0.25) is 9.89 Å². The summed E-state index contributed by atoms with van der Waals surface area (Å²) in [6.07, 6.45) is 1.06. The lowest BCUT2D eigenvalue weighted by atomic mass is 10.4. The fourth-order valence-corrected chi connectivity index (χ4v) is 2.50. The highest BCUT2D eigenvalue weighted by Gasteiger charge is 2.26. The number of amides is 1. The fraction of sp³-hybridized carbons (Fsp3) is 0.545. The summed E-state index contributed by atoms with van der Waals surface area (Å²) in [5.74, 6) is -1.29. The van der Waals surface area contributed by atoms with E-state index in [1.807, 2.05) is 0 Å². The molecule has 1 aromatic heterocycles. The second kappa shape index (κ2) is 7.18. The Labute approximate surface area is 122 Å². The summed E-state index contributed by atoms with van der Waals surface area (Å²) in [6, 6.07) is -0.107. The van der Waals surface area contributed by atoms with Crippen molar-refractivity contribution in [3.8, 4) is 0 Å². The second-order valence-corrected chi connectivity index (χ2v) is 6.08. The smallest absolute Gasteiger partial charge is 0.342 e. The Morgan fingerprint density at radius 1 is 1.43 bits per heavy atom. The first kappa shape index (κ1) is 17.1. The van der Waals surface area contributed by atoms with Gasteiger partial charge in [0, 0.05) is 6.04 Å². The van der Waals surface area contributed by atoms with Gasteiger partial charge in [0.2, 0.25) is 5.91 Å². The Morgan fingerprint density at radius 3 is 2.67 bits per heavy atom. The third-order valence-electron chi connectivity index (χ3n) is 2.24. The highest BCUT2D eigenvalue weighted by molar-refractivity contribution is 7.89. The lowest BCUT2D eigenvalue weighted by Gasteiger charge is -2.09. The van der Waals surface area contributed by atoms with Crippen LogP contribution in [0.3, 0.4) is 0 Å². The number of aromatic nitrogens is 2. The number of sulfonamides is 1. The van der Waals surface area contributed by atoms with Crippen molar-refractivity contribution in [2.24, 2.45) is 0 Å². The summed E-state index contributed by atoms with van der Waals surface area (Å²) >= 11 is 0. The minimum Gasteiger partial charge on any atom is -0.462 e. The van der Waals surface area contributed by atoms with Crippen LogP contribution in [-0.4, -0.2) is 49.7 Å². The zero-order valence-electron chi connectivity index (χ0n) is 12.0. The highest BCUT2D eigenvalue weighted by atomic mass is 32.2. The van der Waals surface area contributed by atoms with Crippen molar-refractivity contribution in [1.82, 2.24) is 20.2 Å². The molecule has 118 valence electrons. The molecule has 1 rings (SSSR count). The molecule has 1 amide bonds. The van der Waals surface area contributed by atoms with Crippen molar-refractivity contribution in [2.75, 3.05) is 13.2 Å². The van der Waals surface area contributed by atoms with Gasteiger partial charge < -0.3 is 10.1 Å². The molecule has 0 atom stereocenters. The third-order valence-corrected chi connectivity index (χ3v) is 3.61. The number of hydrogen-bond donors (Lipinski definition) is 3. The predicted octanol–water partition coefficient (Wildman–Crippen LogP) is -0.611. The lowest BCUT2D eigenvalue weighted by molar-refractivity contribution is -0.120. The van der Waals surface area contributed by atoms with Crippen LogP contribution in [0.15, 0.2) is 11.2 Å². The molecular formula is C11H18N4O5S. The number of esters is 1. The van der Waals surface area contributed by atoms with Crippen LogP contribution in [0.1, 0.15) is 31.1 Å². The quantitative estimate of drug-likeness (QED) is 0.575.